The molecule has 4 heterocycles. The summed E-state index contributed by atoms with van der Waals surface area (Å²) in [7, 11) is 1.27. The van der Waals surface area contributed by atoms with Gasteiger partial charge in [-0.25, -0.2) is 0 Å². The summed E-state index contributed by atoms with van der Waals surface area (Å²) in [6.07, 6.45) is -18.9. The average molecular weight is 1100 g/mol. The molecule has 0 unspecified atom stereocenters. The van der Waals surface area contributed by atoms with Crippen LogP contribution in [0.15, 0.2) is 23.3 Å². The van der Waals surface area contributed by atoms with Crippen molar-refractivity contribution in [2.24, 2.45) is 39.4 Å². The van der Waals surface area contributed by atoms with Gasteiger partial charge in [-0.1, -0.05) is 51.0 Å². The second kappa shape index (κ2) is 23.4. The zero-order valence-electron chi connectivity index (χ0n) is 46.3. The lowest BCUT2D eigenvalue weighted by Crippen LogP contribution is -2.66. The number of fused-ring (bicyclic) bond motifs is 5. The monoisotopic (exact) mass is 1100 g/mol. The smallest absolute Gasteiger partial charge is 0.302 e. The van der Waals surface area contributed by atoms with Crippen LogP contribution in [0.3, 0.4) is 0 Å². The molecule has 0 amide bonds. The maximum atomic E-state index is 12.7. The van der Waals surface area contributed by atoms with E-state index in [9.17, 15) is 61.0 Å². The molecule has 4 saturated heterocycles. The molecule has 0 aromatic heterocycles. The first kappa shape index (κ1) is 61.2. The molecule has 22 nitrogen and oxygen atoms in total. The Labute approximate surface area is 451 Å². The molecule has 7 fully saturated rings. The fourth-order valence-electron chi connectivity index (χ4n) is 15.7. The van der Waals surface area contributed by atoms with Gasteiger partial charge in [0, 0.05) is 30.8 Å². The van der Waals surface area contributed by atoms with Crippen LogP contribution in [0.2, 0.25) is 0 Å². The Morgan fingerprint density at radius 1 is 0.753 bits per heavy atom. The highest BCUT2D eigenvalue weighted by atomic mass is 16.8. The van der Waals surface area contributed by atoms with E-state index >= 15 is 0 Å². The lowest BCUT2D eigenvalue weighted by Gasteiger charge is -2.65. The second-order valence-electron chi connectivity index (χ2n) is 25.1. The van der Waals surface area contributed by atoms with E-state index in [1.165, 1.54) is 26.5 Å². The van der Waals surface area contributed by atoms with Crippen molar-refractivity contribution < 1.29 is 108 Å². The predicted molar refractivity (Wildman–Crippen MR) is 269 cm³/mol. The number of aliphatic hydroxyl groups is 11. The van der Waals surface area contributed by atoms with Gasteiger partial charge < -0.3 is 104 Å². The van der Waals surface area contributed by atoms with Gasteiger partial charge in [-0.15, -0.1) is 0 Å². The summed E-state index contributed by atoms with van der Waals surface area (Å²) >= 11 is 0. The molecule has 4 aliphatic carbocycles. The molecule has 11 N–H and O–H groups in total. The number of carbonyl (C=O) groups is 1. The van der Waals surface area contributed by atoms with Crippen LogP contribution in [0.25, 0.3) is 0 Å². The SMILES string of the molecule is CO[C@@H]1[C@@H](O)[C@H](O[C@@H]2[C@@H](O)[C@H](O[C@H]3[C@H](O)[C@@H](O)[C@H](O[C@H]4[C@H](O[C@H]5CC[C@]6(C)[C@@H]7CC[C@]8(CO)[C@@H]([C@@](C)(O)CCC=C(C)C)[C@@H](OC(C)=O)C[C@@]8(C)C7=CC[C@H]6C5(C)C)OC[C@@H](O)[C@@H]4O)O[C@@H]3C)O[C@H](CO)[C@H]2O)OC[C@H]1O. The fraction of sp³-hybridized carbons (Fsp3) is 0.909. The van der Waals surface area contributed by atoms with Crippen LogP contribution >= 0.6 is 0 Å². The lowest BCUT2D eigenvalue weighted by atomic mass is 9.40. The van der Waals surface area contributed by atoms with Crippen LogP contribution in [0.5, 0.6) is 0 Å². The Kier molecular flexibility index (Phi) is 18.6. The van der Waals surface area contributed by atoms with Gasteiger partial charge in [0.2, 0.25) is 0 Å². The van der Waals surface area contributed by atoms with E-state index in [-0.39, 0.29) is 37.1 Å². The fourth-order valence-corrected chi connectivity index (χ4v) is 15.7. The molecule has 22 heteroatoms. The maximum Gasteiger partial charge on any atom is 0.302 e. The van der Waals surface area contributed by atoms with Crippen LogP contribution in [0.1, 0.15) is 114 Å². The van der Waals surface area contributed by atoms with E-state index < -0.39 is 163 Å². The first-order valence-electron chi connectivity index (χ1n) is 27.7. The molecule has 27 atom stereocenters. The highest BCUT2D eigenvalue weighted by molar-refractivity contribution is 5.66. The summed E-state index contributed by atoms with van der Waals surface area (Å²) in [6.45, 7) is 16.1. The van der Waals surface area contributed by atoms with Gasteiger partial charge in [0.15, 0.2) is 25.2 Å². The third-order valence-corrected chi connectivity index (χ3v) is 19.8. The zero-order chi connectivity index (χ0) is 56.5. The van der Waals surface area contributed by atoms with E-state index in [1.54, 1.807) is 0 Å². The number of methoxy groups -OCH3 is 1. The van der Waals surface area contributed by atoms with Crippen molar-refractivity contribution in [3.8, 4) is 0 Å². The van der Waals surface area contributed by atoms with Gasteiger partial charge in [0.25, 0.3) is 0 Å². The highest BCUT2D eigenvalue weighted by Crippen LogP contribution is 2.74. The topological polar surface area (TPSA) is 332 Å². The van der Waals surface area contributed by atoms with Gasteiger partial charge >= 0.3 is 5.97 Å². The third kappa shape index (κ3) is 11.0. The molecule has 8 rings (SSSR count). The first-order chi connectivity index (χ1) is 36.1. The van der Waals surface area contributed by atoms with Crippen LogP contribution < -0.4 is 0 Å². The van der Waals surface area contributed by atoms with Crippen molar-refractivity contribution in [3.05, 3.63) is 23.3 Å². The molecule has 0 spiro atoms. The Bertz CT molecular complexity index is 2090. The molecule has 0 radical (unpaired) electrons. The molecular formula is C55H90O22. The Morgan fingerprint density at radius 2 is 1.39 bits per heavy atom. The highest BCUT2D eigenvalue weighted by Gasteiger charge is 2.72. The van der Waals surface area contributed by atoms with Gasteiger partial charge in [-0.2, -0.15) is 0 Å². The lowest BCUT2D eigenvalue weighted by molar-refractivity contribution is -0.387. The van der Waals surface area contributed by atoms with Crippen LogP contribution in [-0.2, 0) is 52.2 Å². The molecule has 77 heavy (non-hydrogen) atoms. The number of esters is 1. The zero-order valence-corrected chi connectivity index (χ0v) is 46.3. The van der Waals surface area contributed by atoms with Crippen LogP contribution in [-0.4, -0.2) is 224 Å². The Morgan fingerprint density at radius 3 is 2.04 bits per heavy atom. The van der Waals surface area contributed by atoms with Gasteiger partial charge in [-0.05, 0) is 102 Å². The number of ether oxygens (including phenoxy) is 10. The normalized spacial score (nSPS) is 49.6. The maximum absolute atomic E-state index is 12.7. The standard InChI is InChI=1S/C55H90O22/c1-25(2)12-11-17-54(9,67)46-32(72-27(4)58)20-53(8)29-13-14-34-51(5,6)35(16-18-52(34,7)28(29)15-19-55(46,53)24-57)74-50-45(36(61)30(59)22-70-50)77-48-39(64)38(63)42(26(3)71-48)75-49-41(66)44(37(62)33(21-56)73-49)76-47-40(65)43(68-10)31(60)23-69-47/h12-13,26,28,30-50,56-57,59-67H,11,14-24H2,1-10H3/t26-,28-,30-,31-,32+,33-,34+,35+,36+,37-,38-,39-,40-,41-,42-,43+,44+,45-,46-,47+,48+,49+,50+,52-,53+,54+,55+/m1/s1. The molecule has 3 saturated carbocycles. The van der Waals surface area contributed by atoms with Gasteiger partial charge in [0.1, 0.15) is 85.5 Å². The molecule has 442 valence electrons. The first-order valence-corrected chi connectivity index (χ1v) is 27.7. The molecular weight excluding hydrogens is 1010 g/mol. The van der Waals surface area contributed by atoms with E-state index in [0.717, 1.165) is 18.4 Å². The molecule has 0 aromatic rings. The third-order valence-electron chi connectivity index (χ3n) is 19.8. The van der Waals surface area contributed by atoms with Gasteiger partial charge in [-0.3, -0.25) is 4.79 Å². The minimum atomic E-state index is -1.87. The average Bonchev–Trinajstić information content (AvgIpc) is 3.63. The summed E-state index contributed by atoms with van der Waals surface area (Å²) in [4.78, 5) is 12.7. The number of carbonyl (C=O) groups excluding carboxylic acids is 1. The van der Waals surface area contributed by atoms with Crippen molar-refractivity contribution in [1.29, 1.82) is 0 Å². The molecule has 0 aromatic carbocycles. The molecule has 4 aliphatic heterocycles. The second-order valence-corrected chi connectivity index (χ2v) is 25.1. The number of aliphatic hydroxyl groups excluding tert-OH is 10. The minimum absolute atomic E-state index is 0.0740. The Balaban J connectivity index is 0.961. The predicted octanol–water partition coefficient (Wildman–Crippen LogP) is 0.221. The van der Waals surface area contributed by atoms with Crippen molar-refractivity contribution in [3.63, 3.8) is 0 Å². The summed E-state index contributed by atoms with van der Waals surface area (Å²) in [5.41, 5.74) is -0.949. The van der Waals surface area contributed by atoms with Gasteiger partial charge in [0.05, 0.1) is 44.2 Å². The summed E-state index contributed by atoms with van der Waals surface area (Å²) < 4.78 is 59.4. The summed E-state index contributed by atoms with van der Waals surface area (Å²) in [5, 5.41) is 123. The quantitative estimate of drug-likeness (QED) is 0.0728. The van der Waals surface area contributed by atoms with Crippen molar-refractivity contribution in [2.75, 3.05) is 33.5 Å². The van der Waals surface area contributed by atoms with Crippen molar-refractivity contribution in [1.82, 2.24) is 0 Å². The van der Waals surface area contributed by atoms with Crippen LogP contribution in [0, 0.1) is 39.4 Å². The van der Waals surface area contributed by atoms with Crippen LogP contribution in [0.4, 0.5) is 0 Å². The van der Waals surface area contributed by atoms with Crippen molar-refractivity contribution in [2.45, 2.75) is 242 Å². The number of hydrogen-bond donors (Lipinski definition) is 11. The number of hydrogen-bond acceptors (Lipinski definition) is 22. The number of rotatable bonds is 16. The Hall–Kier alpha value is -1.85. The largest absolute Gasteiger partial charge is 0.462 e. The van der Waals surface area contributed by atoms with E-state index in [4.69, 9.17) is 47.4 Å². The minimum Gasteiger partial charge on any atom is -0.462 e. The van der Waals surface area contributed by atoms with E-state index in [2.05, 4.69) is 39.8 Å². The van der Waals surface area contributed by atoms with E-state index in [1.807, 2.05) is 20.8 Å². The van der Waals surface area contributed by atoms with E-state index in [0.29, 0.717) is 38.5 Å². The molecule has 0 bridgehead atoms. The van der Waals surface area contributed by atoms with Crippen molar-refractivity contribution >= 4 is 5.97 Å². The number of allylic oxidation sites excluding steroid dienone is 4. The molecule has 8 aliphatic rings. The summed E-state index contributed by atoms with van der Waals surface area (Å²) in [5.74, 6) is -0.744. The summed E-state index contributed by atoms with van der Waals surface area (Å²) in [6, 6.07) is 0.